The van der Waals surface area contributed by atoms with Crippen molar-refractivity contribution in [2.24, 2.45) is 0 Å². The molecule has 1 rings (SSSR count). The van der Waals surface area contributed by atoms with Crippen LogP contribution in [0.1, 0.15) is 48.2 Å². The number of benzene rings is 1. The van der Waals surface area contributed by atoms with Crippen molar-refractivity contribution in [3.63, 3.8) is 0 Å². The Morgan fingerprint density at radius 3 is 2.62 bits per heavy atom. The average Bonchev–Trinajstić information content (AvgIpc) is 2.45. The Morgan fingerprint density at radius 1 is 1.38 bits per heavy atom. The van der Waals surface area contributed by atoms with E-state index in [0.717, 1.165) is 24.5 Å². The summed E-state index contributed by atoms with van der Waals surface area (Å²) >= 11 is 0. The van der Waals surface area contributed by atoms with Crippen molar-refractivity contribution in [3.05, 3.63) is 41.0 Å². The van der Waals surface area contributed by atoms with Crippen molar-refractivity contribution < 1.29 is 14.7 Å². The first-order valence-electron chi connectivity index (χ1n) is 7.15. The summed E-state index contributed by atoms with van der Waals surface area (Å²) in [5.41, 5.74) is 2.22. The van der Waals surface area contributed by atoms with Crippen LogP contribution in [0.2, 0.25) is 0 Å². The Bertz CT molecular complexity index is 549. The van der Waals surface area contributed by atoms with Crippen LogP contribution < -0.4 is 0 Å². The molecular weight excluding hydrogens is 266 g/mol. The Labute approximate surface area is 126 Å². The number of carboxylic acids is 1. The topological polar surface area (TPSA) is 57.6 Å². The van der Waals surface area contributed by atoms with Crippen LogP contribution in [0.15, 0.2) is 24.3 Å². The summed E-state index contributed by atoms with van der Waals surface area (Å²) in [7, 11) is 1.81. The van der Waals surface area contributed by atoms with Gasteiger partial charge < -0.3 is 10.0 Å². The molecule has 0 saturated heterocycles. The van der Waals surface area contributed by atoms with Crippen LogP contribution in [0, 0.1) is 6.92 Å². The van der Waals surface area contributed by atoms with E-state index < -0.39 is 5.97 Å². The number of hydrogen-bond donors (Lipinski definition) is 1. The molecule has 0 fully saturated rings. The fourth-order valence-electron chi connectivity index (χ4n) is 2.14. The molecule has 0 spiro atoms. The van der Waals surface area contributed by atoms with Gasteiger partial charge in [-0.2, -0.15) is 0 Å². The minimum atomic E-state index is -1.00. The van der Waals surface area contributed by atoms with Gasteiger partial charge in [0.05, 0.1) is 0 Å². The number of carboxylic acid groups (broad SMARTS) is 1. The van der Waals surface area contributed by atoms with Crippen molar-refractivity contribution >= 4 is 18.0 Å². The summed E-state index contributed by atoms with van der Waals surface area (Å²) in [4.78, 5) is 24.9. The van der Waals surface area contributed by atoms with Gasteiger partial charge in [0.1, 0.15) is 0 Å². The third-order valence-electron chi connectivity index (χ3n) is 3.60. The van der Waals surface area contributed by atoms with Gasteiger partial charge in [-0.25, -0.2) is 4.79 Å². The number of carbonyl (C=O) groups excluding carboxylic acids is 1. The zero-order valence-corrected chi connectivity index (χ0v) is 13.1. The Morgan fingerprint density at radius 2 is 2.05 bits per heavy atom. The second kappa shape index (κ2) is 7.62. The Kier molecular flexibility index (Phi) is 6.15. The molecule has 0 heterocycles. The van der Waals surface area contributed by atoms with Gasteiger partial charge in [0.15, 0.2) is 0 Å². The molecular formula is C17H23NO3. The summed E-state index contributed by atoms with van der Waals surface area (Å²) < 4.78 is 0. The number of hydrogen-bond acceptors (Lipinski definition) is 2. The van der Waals surface area contributed by atoms with Gasteiger partial charge in [0, 0.05) is 24.7 Å². The number of amides is 1. The van der Waals surface area contributed by atoms with Crippen molar-refractivity contribution in [2.45, 2.75) is 39.7 Å². The number of carbonyl (C=O) groups is 2. The highest BCUT2D eigenvalue weighted by Crippen LogP contribution is 2.17. The van der Waals surface area contributed by atoms with Crippen LogP contribution in [0.5, 0.6) is 0 Å². The van der Waals surface area contributed by atoms with Gasteiger partial charge in [-0.3, -0.25) is 4.79 Å². The average molecular weight is 289 g/mol. The van der Waals surface area contributed by atoms with Gasteiger partial charge in [0.25, 0.3) is 5.91 Å². The fourth-order valence-corrected chi connectivity index (χ4v) is 2.14. The monoisotopic (exact) mass is 289 g/mol. The number of aryl methyl sites for hydroxylation is 1. The van der Waals surface area contributed by atoms with Crippen LogP contribution in [-0.2, 0) is 4.79 Å². The van der Waals surface area contributed by atoms with Crippen LogP contribution in [0.4, 0.5) is 0 Å². The van der Waals surface area contributed by atoms with Crippen LogP contribution >= 0.6 is 0 Å². The highest BCUT2D eigenvalue weighted by Gasteiger charge is 2.18. The lowest BCUT2D eigenvalue weighted by Crippen LogP contribution is -2.35. The molecule has 4 heteroatoms. The lowest BCUT2D eigenvalue weighted by Gasteiger charge is -2.25. The third kappa shape index (κ3) is 4.74. The number of nitrogens with zero attached hydrogens (tertiary/aromatic N) is 1. The molecule has 114 valence electrons. The summed E-state index contributed by atoms with van der Waals surface area (Å²) in [6.45, 7) is 6.01. The summed E-state index contributed by atoms with van der Waals surface area (Å²) in [5, 5.41) is 8.67. The minimum Gasteiger partial charge on any atom is -0.478 e. The maximum absolute atomic E-state index is 12.6. The molecule has 21 heavy (non-hydrogen) atoms. The van der Waals surface area contributed by atoms with E-state index in [4.69, 9.17) is 5.11 Å². The van der Waals surface area contributed by atoms with E-state index in [2.05, 4.69) is 6.92 Å². The second-order valence-electron chi connectivity index (χ2n) is 5.30. The van der Waals surface area contributed by atoms with E-state index in [9.17, 15) is 9.59 Å². The maximum atomic E-state index is 12.6. The zero-order chi connectivity index (χ0) is 16.0. The molecule has 1 atom stereocenters. The van der Waals surface area contributed by atoms with E-state index in [0.29, 0.717) is 11.1 Å². The van der Waals surface area contributed by atoms with Gasteiger partial charge >= 0.3 is 5.97 Å². The predicted molar refractivity (Wildman–Crippen MR) is 84.3 cm³/mol. The standard InChI is InChI=1S/C17H23NO3/c1-5-6-13(3)18(4)17(21)15-11-14(8-7-12(15)2)9-10-16(19)20/h7-11,13H,5-6H2,1-4H3,(H,19,20). The summed E-state index contributed by atoms with van der Waals surface area (Å²) in [6, 6.07) is 5.57. The van der Waals surface area contributed by atoms with Crippen molar-refractivity contribution in [1.29, 1.82) is 0 Å². The van der Waals surface area contributed by atoms with E-state index in [1.807, 2.05) is 27.0 Å². The molecule has 1 N–H and O–H groups in total. The van der Waals surface area contributed by atoms with Gasteiger partial charge in [-0.05, 0) is 43.5 Å². The van der Waals surface area contributed by atoms with E-state index in [-0.39, 0.29) is 11.9 Å². The molecule has 0 aromatic heterocycles. The molecule has 1 aromatic rings. The molecule has 0 aliphatic carbocycles. The molecule has 1 aromatic carbocycles. The van der Waals surface area contributed by atoms with Crippen LogP contribution in [0.25, 0.3) is 6.08 Å². The highest BCUT2D eigenvalue weighted by molar-refractivity contribution is 5.96. The van der Waals surface area contributed by atoms with Crippen molar-refractivity contribution in [3.8, 4) is 0 Å². The summed E-state index contributed by atoms with van der Waals surface area (Å²) in [6.07, 6.45) is 4.55. The molecule has 0 bridgehead atoms. The normalized spacial score (nSPS) is 12.4. The lowest BCUT2D eigenvalue weighted by molar-refractivity contribution is -0.131. The molecule has 1 unspecified atom stereocenters. The van der Waals surface area contributed by atoms with E-state index in [1.165, 1.54) is 6.08 Å². The first-order chi connectivity index (χ1) is 9.86. The van der Waals surface area contributed by atoms with E-state index in [1.54, 1.807) is 17.0 Å². The smallest absolute Gasteiger partial charge is 0.328 e. The number of rotatable bonds is 6. The molecule has 0 aliphatic heterocycles. The van der Waals surface area contributed by atoms with Crippen molar-refractivity contribution in [1.82, 2.24) is 4.90 Å². The highest BCUT2D eigenvalue weighted by atomic mass is 16.4. The largest absolute Gasteiger partial charge is 0.478 e. The van der Waals surface area contributed by atoms with Gasteiger partial charge in [0.2, 0.25) is 0 Å². The molecule has 0 saturated carbocycles. The minimum absolute atomic E-state index is 0.0287. The zero-order valence-electron chi connectivity index (χ0n) is 13.1. The predicted octanol–water partition coefficient (Wildman–Crippen LogP) is 3.35. The quantitative estimate of drug-likeness (QED) is 0.817. The number of aliphatic carboxylic acids is 1. The Balaban J connectivity index is 3.03. The van der Waals surface area contributed by atoms with E-state index >= 15 is 0 Å². The Hall–Kier alpha value is -2.10. The molecule has 1 amide bonds. The summed E-state index contributed by atoms with van der Waals surface area (Å²) in [5.74, 6) is -1.03. The molecule has 4 nitrogen and oxygen atoms in total. The lowest BCUT2D eigenvalue weighted by atomic mass is 10.0. The molecule has 0 radical (unpaired) electrons. The van der Waals surface area contributed by atoms with Crippen LogP contribution in [0.3, 0.4) is 0 Å². The van der Waals surface area contributed by atoms with Gasteiger partial charge in [-0.15, -0.1) is 0 Å². The first kappa shape index (κ1) is 17.0. The first-order valence-corrected chi connectivity index (χ1v) is 7.15. The fraction of sp³-hybridized carbons (Fsp3) is 0.412. The van der Waals surface area contributed by atoms with Crippen molar-refractivity contribution in [2.75, 3.05) is 7.05 Å². The maximum Gasteiger partial charge on any atom is 0.328 e. The second-order valence-corrected chi connectivity index (χ2v) is 5.30. The SMILES string of the molecule is CCCC(C)N(C)C(=O)c1cc(C=CC(=O)O)ccc1C. The van der Waals surface area contributed by atoms with Crippen LogP contribution in [-0.4, -0.2) is 35.0 Å². The molecule has 0 aliphatic rings. The third-order valence-corrected chi connectivity index (χ3v) is 3.60. The van der Waals surface area contributed by atoms with Gasteiger partial charge in [-0.1, -0.05) is 25.5 Å².